The predicted molar refractivity (Wildman–Crippen MR) is 127 cm³/mol. The average molecular weight is 526 g/mol. The molecule has 0 aliphatic heterocycles. The van der Waals surface area contributed by atoms with E-state index in [4.69, 9.17) is 23.2 Å². The lowest BCUT2D eigenvalue weighted by atomic mass is 10.0. The summed E-state index contributed by atoms with van der Waals surface area (Å²) in [7, 11) is -1.41. The molecule has 34 heavy (non-hydrogen) atoms. The first kappa shape index (κ1) is 23.9. The summed E-state index contributed by atoms with van der Waals surface area (Å²) in [5.74, 6) is -2.10. The van der Waals surface area contributed by atoms with Crippen LogP contribution in [0.3, 0.4) is 0 Å². The summed E-state index contributed by atoms with van der Waals surface area (Å²) in [4.78, 5) is 20.8. The smallest absolute Gasteiger partial charge is 0.263 e. The predicted octanol–water partition coefficient (Wildman–Crippen LogP) is 4.42. The molecule has 0 saturated carbocycles. The molecule has 0 saturated heterocycles. The molecule has 0 amide bonds. The Kier molecular flexibility index (Phi) is 6.19. The second kappa shape index (κ2) is 8.82. The molecule has 8 nitrogen and oxygen atoms in total. The van der Waals surface area contributed by atoms with Crippen LogP contribution in [0.5, 0.6) is 0 Å². The van der Waals surface area contributed by atoms with Gasteiger partial charge in [0.2, 0.25) is 5.95 Å². The third kappa shape index (κ3) is 4.17. The first-order valence-corrected chi connectivity index (χ1v) is 11.8. The summed E-state index contributed by atoms with van der Waals surface area (Å²) in [6.45, 7) is 0. The molecule has 4 aromatic rings. The first-order chi connectivity index (χ1) is 16.0. The van der Waals surface area contributed by atoms with Gasteiger partial charge in [0, 0.05) is 30.7 Å². The van der Waals surface area contributed by atoms with E-state index >= 15 is 4.39 Å². The van der Waals surface area contributed by atoms with Gasteiger partial charge in [-0.15, -0.1) is 0 Å². The van der Waals surface area contributed by atoms with Gasteiger partial charge in [0.25, 0.3) is 15.6 Å². The molecule has 176 valence electrons. The zero-order chi connectivity index (χ0) is 24.8. The minimum atomic E-state index is -4.40. The van der Waals surface area contributed by atoms with Crippen molar-refractivity contribution in [3.63, 3.8) is 0 Å². The average Bonchev–Trinajstić information content (AvgIpc) is 2.80. The number of anilines is 2. The molecule has 13 heteroatoms. The van der Waals surface area contributed by atoms with Gasteiger partial charge in [0.15, 0.2) is 5.82 Å². The summed E-state index contributed by atoms with van der Waals surface area (Å²) in [5, 5.41) is 3.02. The Bertz CT molecular complexity index is 1630. The number of nitrogens with zero attached hydrogens (tertiary/aromatic N) is 3. The van der Waals surface area contributed by atoms with E-state index < -0.39 is 43.4 Å². The molecule has 0 radical (unpaired) electrons. The largest absolute Gasteiger partial charge is 0.357 e. The van der Waals surface area contributed by atoms with Crippen LogP contribution in [0.4, 0.5) is 20.4 Å². The Hall–Kier alpha value is -3.28. The number of halogens is 4. The van der Waals surface area contributed by atoms with E-state index in [1.165, 1.54) is 31.4 Å². The van der Waals surface area contributed by atoms with E-state index in [0.717, 1.165) is 22.8 Å². The molecule has 2 N–H and O–H groups in total. The third-order valence-electron chi connectivity index (χ3n) is 4.96. The molecule has 0 aliphatic rings. The summed E-state index contributed by atoms with van der Waals surface area (Å²) in [5.41, 5.74) is -2.15. The Morgan fingerprint density at radius 2 is 1.82 bits per heavy atom. The molecule has 4 rings (SSSR count). The fourth-order valence-electron chi connectivity index (χ4n) is 3.31. The Balaban J connectivity index is 1.87. The highest BCUT2D eigenvalue weighted by Gasteiger charge is 2.25. The lowest BCUT2D eigenvalue weighted by Crippen LogP contribution is -2.21. The van der Waals surface area contributed by atoms with Crippen molar-refractivity contribution in [3.05, 3.63) is 74.6 Å². The lowest BCUT2D eigenvalue weighted by Gasteiger charge is -2.14. The fourth-order valence-corrected chi connectivity index (χ4v) is 5.13. The van der Waals surface area contributed by atoms with Crippen molar-refractivity contribution in [1.82, 2.24) is 14.5 Å². The van der Waals surface area contributed by atoms with Crippen molar-refractivity contribution in [2.24, 2.45) is 7.05 Å². The van der Waals surface area contributed by atoms with E-state index in [9.17, 15) is 17.6 Å². The minimum absolute atomic E-state index is 0.0911. The monoisotopic (exact) mass is 525 g/mol. The fraction of sp³-hybridized carbons (Fsp3) is 0.0952. The zero-order valence-corrected chi connectivity index (χ0v) is 19.9. The normalized spacial score (nSPS) is 11.6. The number of benzene rings is 2. The van der Waals surface area contributed by atoms with Crippen molar-refractivity contribution in [2.45, 2.75) is 4.90 Å². The maximum atomic E-state index is 15.5. The Morgan fingerprint density at radius 1 is 1.09 bits per heavy atom. The van der Waals surface area contributed by atoms with Crippen molar-refractivity contribution in [1.29, 1.82) is 0 Å². The molecule has 2 heterocycles. The van der Waals surface area contributed by atoms with E-state index in [0.29, 0.717) is 5.39 Å². The highest BCUT2D eigenvalue weighted by atomic mass is 35.5. The molecule has 0 aliphatic carbocycles. The van der Waals surface area contributed by atoms with Crippen molar-refractivity contribution in [2.75, 3.05) is 17.1 Å². The summed E-state index contributed by atoms with van der Waals surface area (Å²) >= 11 is 11.8. The third-order valence-corrected chi connectivity index (χ3v) is 7.04. The van der Waals surface area contributed by atoms with Gasteiger partial charge >= 0.3 is 0 Å². The van der Waals surface area contributed by atoms with Gasteiger partial charge < -0.3 is 5.32 Å². The molecule has 0 atom stereocenters. The number of aryl methyl sites for hydroxylation is 1. The van der Waals surface area contributed by atoms with Gasteiger partial charge in [-0.2, -0.15) is 4.98 Å². The maximum absolute atomic E-state index is 15.5. The van der Waals surface area contributed by atoms with E-state index in [1.54, 1.807) is 7.05 Å². The number of sulfonamides is 1. The molecular formula is C21H15Cl2F2N5O3S. The topological polar surface area (TPSA) is 106 Å². The number of hydrogen-bond acceptors (Lipinski definition) is 6. The number of aromatic nitrogens is 3. The van der Waals surface area contributed by atoms with Crippen LogP contribution >= 0.6 is 23.2 Å². The molecular weight excluding hydrogens is 511 g/mol. The Morgan fingerprint density at radius 3 is 2.53 bits per heavy atom. The summed E-state index contributed by atoms with van der Waals surface area (Å²) in [6.07, 6.45) is 1.39. The van der Waals surface area contributed by atoms with E-state index in [2.05, 4.69) is 15.3 Å². The number of fused-ring (bicyclic) bond motifs is 1. The SMILES string of the molecule is CNc1ncc2cc(-c3c(F)ccc(NS(=O)(=O)c4cc(Cl)ccc4Cl)c3F)c(=O)n(C)c2n1. The quantitative estimate of drug-likeness (QED) is 0.399. The molecule has 0 bridgehead atoms. The van der Waals surface area contributed by atoms with Crippen LogP contribution in [0.25, 0.3) is 22.2 Å². The molecule has 0 spiro atoms. The van der Waals surface area contributed by atoms with Crippen LogP contribution in [0, 0.1) is 11.6 Å². The van der Waals surface area contributed by atoms with Gasteiger partial charge in [-0.3, -0.25) is 14.1 Å². The molecule has 2 aromatic carbocycles. The minimum Gasteiger partial charge on any atom is -0.357 e. The highest BCUT2D eigenvalue weighted by molar-refractivity contribution is 7.92. The summed E-state index contributed by atoms with van der Waals surface area (Å²) < 4.78 is 59.0. The van der Waals surface area contributed by atoms with Gasteiger partial charge in [-0.05, 0) is 36.4 Å². The van der Waals surface area contributed by atoms with Crippen LogP contribution in [0.2, 0.25) is 10.0 Å². The Labute approximate surface area is 202 Å². The number of nitrogens with one attached hydrogen (secondary N) is 2. The van der Waals surface area contributed by atoms with Crippen LogP contribution < -0.4 is 15.6 Å². The van der Waals surface area contributed by atoms with Gasteiger partial charge in [0.05, 0.1) is 21.8 Å². The van der Waals surface area contributed by atoms with Crippen molar-refractivity contribution >= 4 is 55.9 Å². The lowest BCUT2D eigenvalue weighted by molar-refractivity contribution is 0.587. The molecule has 0 unspecified atom stereocenters. The number of rotatable bonds is 5. The van der Waals surface area contributed by atoms with Crippen LogP contribution in [0.15, 0.2) is 52.3 Å². The molecule has 2 aromatic heterocycles. The second-order valence-electron chi connectivity index (χ2n) is 7.11. The van der Waals surface area contributed by atoms with Crippen LogP contribution in [0.1, 0.15) is 0 Å². The van der Waals surface area contributed by atoms with Crippen molar-refractivity contribution < 1.29 is 17.2 Å². The highest BCUT2D eigenvalue weighted by Crippen LogP contribution is 2.33. The maximum Gasteiger partial charge on any atom is 0.263 e. The van der Waals surface area contributed by atoms with E-state index in [-0.39, 0.29) is 27.2 Å². The van der Waals surface area contributed by atoms with Gasteiger partial charge in [0.1, 0.15) is 16.4 Å². The summed E-state index contributed by atoms with van der Waals surface area (Å²) in [6, 6.07) is 6.74. The zero-order valence-electron chi connectivity index (χ0n) is 17.5. The number of hydrogen-bond donors (Lipinski definition) is 2. The van der Waals surface area contributed by atoms with Crippen LogP contribution in [-0.2, 0) is 17.1 Å². The van der Waals surface area contributed by atoms with E-state index in [1.807, 2.05) is 4.72 Å². The number of pyridine rings is 1. The van der Waals surface area contributed by atoms with Crippen LogP contribution in [-0.4, -0.2) is 30.0 Å². The first-order valence-electron chi connectivity index (χ1n) is 9.54. The standard InChI is InChI=1S/C21H15Cl2F2N5O3S/c1-26-21-27-9-10-7-12(20(31)30(2)19(10)28-21)17-14(24)5-6-15(18(17)25)29-34(32,33)16-8-11(22)3-4-13(16)23/h3-9,29H,1-2H3,(H,26,27,28). The second-order valence-corrected chi connectivity index (χ2v) is 9.60. The van der Waals surface area contributed by atoms with Gasteiger partial charge in [-0.1, -0.05) is 23.2 Å². The van der Waals surface area contributed by atoms with Gasteiger partial charge in [-0.25, -0.2) is 22.2 Å². The molecule has 0 fully saturated rings. The van der Waals surface area contributed by atoms with Crippen molar-refractivity contribution in [3.8, 4) is 11.1 Å².